The summed E-state index contributed by atoms with van der Waals surface area (Å²) < 4.78 is 0. The SMILES string of the molecule is N#C[C@H](C(=O)NC1CCCCC1)c1nc2ccccc2nc1N1CCN(c2ccccc2)CC1. The molecule has 2 aliphatic rings. The third-order valence-electron chi connectivity index (χ3n) is 6.89. The average molecular weight is 455 g/mol. The van der Waals surface area contributed by atoms with Gasteiger partial charge < -0.3 is 15.1 Å². The number of fused-ring (bicyclic) bond motifs is 1. The maximum atomic E-state index is 13.2. The van der Waals surface area contributed by atoms with Crippen LogP contribution >= 0.6 is 0 Å². The number of piperazine rings is 1. The molecule has 2 fully saturated rings. The van der Waals surface area contributed by atoms with E-state index in [0.29, 0.717) is 17.0 Å². The number of nitrogens with zero attached hydrogens (tertiary/aromatic N) is 5. The topological polar surface area (TPSA) is 85.1 Å². The number of para-hydroxylation sites is 3. The molecule has 7 heteroatoms. The molecule has 1 N–H and O–H groups in total. The predicted molar refractivity (Wildman–Crippen MR) is 134 cm³/mol. The Bertz CT molecular complexity index is 1180. The molecule has 5 rings (SSSR count). The van der Waals surface area contributed by atoms with Gasteiger partial charge >= 0.3 is 0 Å². The zero-order chi connectivity index (χ0) is 23.3. The fourth-order valence-electron chi connectivity index (χ4n) is 5.02. The fraction of sp³-hybridized carbons (Fsp3) is 0.407. The van der Waals surface area contributed by atoms with Crippen LogP contribution in [0.25, 0.3) is 11.0 Å². The highest BCUT2D eigenvalue weighted by molar-refractivity contribution is 5.89. The molecule has 2 heterocycles. The van der Waals surface area contributed by atoms with Gasteiger partial charge in [-0.2, -0.15) is 5.26 Å². The third-order valence-corrected chi connectivity index (χ3v) is 6.89. The molecule has 1 amide bonds. The van der Waals surface area contributed by atoms with E-state index in [4.69, 9.17) is 9.97 Å². The van der Waals surface area contributed by atoms with Crippen LogP contribution in [0, 0.1) is 11.3 Å². The lowest BCUT2D eigenvalue weighted by molar-refractivity contribution is -0.122. The van der Waals surface area contributed by atoms with Gasteiger partial charge in [-0.1, -0.05) is 49.6 Å². The van der Waals surface area contributed by atoms with Crippen molar-refractivity contribution in [3.63, 3.8) is 0 Å². The normalized spacial score (nSPS) is 17.9. The second kappa shape index (κ2) is 10.1. The summed E-state index contributed by atoms with van der Waals surface area (Å²) in [5.74, 6) is -0.596. The molecule has 1 aliphatic heterocycles. The zero-order valence-electron chi connectivity index (χ0n) is 19.4. The molecular weight excluding hydrogens is 424 g/mol. The van der Waals surface area contributed by atoms with E-state index in [1.54, 1.807) is 0 Å². The van der Waals surface area contributed by atoms with Crippen LogP contribution in [0.3, 0.4) is 0 Å². The number of nitrogens with one attached hydrogen (secondary N) is 1. The van der Waals surface area contributed by atoms with Crippen molar-refractivity contribution in [2.24, 2.45) is 0 Å². The van der Waals surface area contributed by atoms with E-state index in [2.05, 4.69) is 45.5 Å². The van der Waals surface area contributed by atoms with E-state index in [-0.39, 0.29) is 11.9 Å². The monoisotopic (exact) mass is 454 g/mol. The Kier molecular flexibility index (Phi) is 6.57. The number of carbonyl (C=O) groups excluding carboxylic acids is 1. The Balaban J connectivity index is 1.43. The molecule has 1 aliphatic carbocycles. The van der Waals surface area contributed by atoms with Gasteiger partial charge in [-0.3, -0.25) is 4.79 Å². The molecule has 3 aromatic rings. The minimum Gasteiger partial charge on any atom is -0.368 e. The van der Waals surface area contributed by atoms with Gasteiger partial charge in [0.15, 0.2) is 11.7 Å². The van der Waals surface area contributed by atoms with Gasteiger partial charge in [-0.15, -0.1) is 0 Å². The van der Waals surface area contributed by atoms with Crippen molar-refractivity contribution >= 4 is 28.4 Å². The summed E-state index contributed by atoms with van der Waals surface area (Å²) in [5, 5.41) is 13.2. The van der Waals surface area contributed by atoms with Crippen LogP contribution in [0.15, 0.2) is 54.6 Å². The summed E-state index contributed by atoms with van der Waals surface area (Å²) in [4.78, 5) is 27.5. The van der Waals surface area contributed by atoms with Crippen molar-refractivity contribution < 1.29 is 4.79 Å². The van der Waals surface area contributed by atoms with Gasteiger partial charge in [0, 0.05) is 37.9 Å². The Hall–Kier alpha value is -3.66. The maximum Gasteiger partial charge on any atom is 0.243 e. The Morgan fingerprint density at radius 2 is 1.50 bits per heavy atom. The number of rotatable bonds is 5. The molecule has 1 saturated heterocycles. The maximum absolute atomic E-state index is 13.2. The van der Waals surface area contributed by atoms with E-state index in [1.165, 1.54) is 12.1 Å². The fourth-order valence-corrected chi connectivity index (χ4v) is 5.02. The highest BCUT2D eigenvalue weighted by atomic mass is 16.2. The van der Waals surface area contributed by atoms with Crippen molar-refractivity contribution in [3.05, 3.63) is 60.3 Å². The van der Waals surface area contributed by atoms with Gasteiger partial charge in [0.2, 0.25) is 5.91 Å². The van der Waals surface area contributed by atoms with Gasteiger partial charge in [0.25, 0.3) is 0 Å². The molecule has 174 valence electrons. The number of hydrogen-bond donors (Lipinski definition) is 1. The van der Waals surface area contributed by atoms with Gasteiger partial charge in [-0.05, 0) is 37.1 Å². The highest BCUT2D eigenvalue weighted by Gasteiger charge is 2.31. The van der Waals surface area contributed by atoms with Crippen molar-refractivity contribution in [1.82, 2.24) is 15.3 Å². The standard InChI is InChI=1S/C27H30N6O/c28-19-22(27(34)29-20-9-3-1-4-10-20)25-26(31-24-14-8-7-13-23(24)30-25)33-17-15-32(16-18-33)21-11-5-2-6-12-21/h2,5-8,11-14,20,22H,1,3-4,9-10,15-18H2,(H,29,34)/t22-/m0/s1. The van der Waals surface area contributed by atoms with Crippen LogP contribution in [-0.4, -0.2) is 48.1 Å². The number of hydrogen-bond acceptors (Lipinski definition) is 6. The number of amides is 1. The molecule has 0 radical (unpaired) electrons. The van der Waals surface area contributed by atoms with Crippen LogP contribution in [0.1, 0.15) is 43.7 Å². The minimum atomic E-state index is -0.985. The molecule has 0 bridgehead atoms. The Labute approximate surface area is 200 Å². The first-order chi connectivity index (χ1) is 16.7. The number of aromatic nitrogens is 2. The molecule has 0 spiro atoms. The van der Waals surface area contributed by atoms with E-state index in [1.807, 2.05) is 30.3 Å². The summed E-state index contributed by atoms with van der Waals surface area (Å²) in [6, 6.07) is 20.4. The van der Waals surface area contributed by atoms with E-state index >= 15 is 0 Å². The van der Waals surface area contributed by atoms with E-state index < -0.39 is 5.92 Å². The molecule has 1 aromatic heterocycles. The second-order valence-electron chi connectivity index (χ2n) is 9.14. The Morgan fingerprint density at radius 3 is 2.18 bits per heavy atom. The molecular formula is C27H30N6O. The van der Waals surface area contributed by atoms with Gasteiger partial charge in [0.1, 0.15) is 5.69 Å². The van der Waals surface area contributed by atoms with Crippen molar-refractivity contribution in [2.75, 3.05) is 36.0 Å². The number of benzene rings is 2. The summed E-state index contributed by atoms with van der Waals surface area (Å²) in [6.07, 6.45) is 5.40. The van der Waals surface area contributed by atoms with Crippen LogP contribution in [0.2, 0.25) is 0 Å². The lowest BCUT2D eigenvalue weighted by Crippen LogP contribution is -2.47. The molecule has 2 aromatic carbocycles. The van der Waals surface area contributed by atoms with E-state index in [0.717, 1.165) is 57.4 Å². The first-order valence-electron chi connectivity index (χ1n) is 12.2. The first kappa shape index (κ1) is 22.1. The number of anilines is 2. The summed E-state index contributed by atoms with van der Waals surface area (Å²) in [6.45, 7) is 3.17. The number of carbonyl (C=O) groups is 1. The van der Waals surface area contributed by atoms with Crippen LogP contribution in [0.5, 0.6) is 0 Å². The summed E-state index contributed by atoms with van der Waals surface area (Å²) in [5.41, 5.74) is 3.14. The number of nitriles is 1. The minimum absolute atomic E-state index is 0.142. The molecule has 0 unspecified atom stereocenters. The molecule has 34 heavy (non-hydrogen) atoms. The van der Waals surface area contributed by atoms with E-state index in [9.17, 15) is 10.1 Å². The highest BCUT2D eigenvalue weighted by Crippen LogP contribution is 2.29. The van der Waals surface area contributed by atoms with Gasteiger partial charge in [0.05, 0.1) is 17.1 Å². The predicted octanol–water partition coefficient (Wildman–Crippen LogP) is 4.01. The second-order valence-corrected chi connectivity index (χ2v) is 9.14. The van der Waals surface area contributed by atoms with Crippen molar-refractivity contribution in [2.45, 2.75) is 44.1 Å². The molecule has 1 atom stereocenters. The lowest BCUT2D eigenvalue weighted by Gasteiger charge is -2.37. The largest absolute Gasteiger partial charge is 0.368 e. The lowest BCUT2D eigenvalue weighted by atomic mass is 9.94. The van der Waals surface area contributed by atoms with Crippen LogP contribution in [0.4, 0.5) is 11.5 Å². The van der Waals surface area contributed by atoms with Gasteiger partial charge in [-0.25, -0.2) is 9.97 Å². The zero-order valence-corrected chi connectivity index (χ0v) is 19.4. The van der Waals surface area contributed by atoms with Crippen molar-refractivity contribution in [1.29, 1.82) is 5.26 Å². The summed E-state index contributed by atoms with van der Waals surface area (Å²) >= 11 is 0. The van der Waals surface area contributed by atoms with Crippen molar-refractivity contribution in [3.8, 4) is 6.07 Å². The molecule has 1 saturated carbocycles. The third kappa shape index (κ3) is 4.67. The quantitative estimate of drug-likeness (QED) is 0.627. The first-order valence-corrected chi connectivity index (χ1v) is 12.2. The van der Waals surface area contributed by atoms with Crippen LogP contribution < -0.4 is 15.1 Å². The Morgan fingerprint density at radius 1 is 0.882 bits per heavy atom. The molecule has 7 nitrogen and oxygen atoms in total. The smallest absolute Gasteiger partial charge is 0.243 e. The average Bonchev–Trinajstić information content (AvgIpc) is 2.90. The summed E-state index contributed by atoms with van der Waals surface area (Å²) in [7, 11) is 0. The van der Waals surface area contributed by atoms with Crippen LogP contribution in [-0.2, 0) is 4.79 Å².